The third-order valence-corrected chi connectivity index (χ3v) is 2.88. The fourth-order valence-corrected chi connectivity index (χ4v) is 2.14. The maximum Gasteiger partial charge on any atom is 0.227 e. The first kappa shape index (κ1) is 11.6. The Balaban J connectivity index is 2.25. The lowest BCUT2D eigenvalue weighted by Crippen LogP contribution is -2.24. The maximum absolute atomic E-state index is 11.6. The summed E-state index contributed by atoms with van der Waals surface area (Å²) in [5, 5.41) is 2.73. The van der Waals surface area contributed by atoms with Crippen molar-refractivity contribution in [2.24, 2.45) is 0 Å². The summed E-state index contributed by atoms with van der Waals surface area (Å²) < 4.78 is 0. The highest BCUT2D eigenvalue weighted by Gasteiger charge is 2.22. The monoisotopic (exact) mass is 232 g/mol. The summed E-state index contributed by atoms with van der Waals surface area (Å²) in [6.07, 6.45) is 1.55. The number of anilines is 2. The Morgan fingerprint density at radius 2 is 2.18 bits per heavy atom. The largest absolute Gasteiger partial charge is 0.326 e. The van der Waals surface area contributed by atoms with Crippen molar-refractivity contribution in [2.45, 2.75) is 26.7 Å². The molecule has 1 aromatic rings. The van der Waals surface area contributed by atoms with Gasteiger partial charge in [-0.25, -0.2) is 0 Å². The standard InChI is InChI=1S/C13H16N2O2/c1-9-8-11(14-10(2)16)5-6-12(9)15-7-3-4-13(15)17/h5-6,8H,3-4,7H2,1-2H3,(H,14,16). The number of hydrogen-bond acceptors (Lipinski definition) is 2. The van der Waals surface area contributed by atoms with E-state index in [0.717, 1.165) is 29.9 Å². The molecule has 0 aromatic heterocycles. The van der Waals surface area contributed by atoms with Crippen LogP contribution in [-0.4, -0.2) is 18.4 Å². The Bertz CT molecular complexity index is 468. The van der Waals surface area contributed by atoms with E-state index in [2.05, 4.69) is 5.32 Å². The van der Waals surface area contributed by atoms with Gasteiger partial charge in [-0.1, -0.05) is 0 Å². The highest BCUT2D eigenvalue weighted by molar-refractivity contribution is 5.96. The summed E-state index contributed by atoms with van der Waals surface area (Å²) in [7, 11) is 0. The van der Waals surface area contributed by atoms with E-state index in [-0.39, 0.29) is 11.8 Å². The van der Waals surface area contributed by atoms with Crippen LogP contribution < -0.4 is 10.2 Å². The highest BCUT2D eigenvalue weighted by atomic mass is 16.2. The number of amides is 2. The molecule has 4 nitrogen and oxygen atoms in total. The van der Waals surface area contributed by atoms with Crippen LogP contribution in [0.2, 0.25) is 0 Å². The van der Waals surface area contributed by atoms with E-state index in [1.165, 1.54) is 6.92 Å². The zero-order valence-electron chi connectivity index (χ0n) is 10.1. The van der Waals surface area contributed by atoms with Crippen LogP contribution in [0.3, 0.4) is 0 Å². The second-order valence-corrected chi connectivity index (χ2v) is 4.33. The Hall–Kier alpha value is -1.84. The van der Waals surface area contributed by atoms with E-state index in [0.29, 0.717) is 6.42 Å². The number of aryl methyl sites for hydroxylation is 1. The first-order valence-electron chi connectivity index (χ1n) is 5.76. The average Bonchev–Trinajstić information content (AvgIpc) is 2.64. The van der Waals surface area contributed by atoms with Crippen molar-refractivity contribution in [1.29, 1.82) is 0 Å². The fraction of sp³-hybridized carbons (Fsp3) is 0.385. The molecule has 1 aromatic carbocycles. The summed E-state index contributed by atoms with van der Waals surface area (Å²) in [6.45, 7) is 4.22. The van der Waals surface area contributed by atoms with Gasteiger partial charge in [0, 0.05) is 31.3 Å². The van der Waals surface area contributed by atoms with Gasteiger partial charge in [-0.3, -0.25) is 9.59 Å². The minimum absolute atomic E-state index is 0.0885. The molecule has 0 saturated carbocycles. The average molecular weight is 232 g/mol. The summed E-state index contributed by atoms with van der Waals surface area (Å²) in [5.41, 5.74) is 2.72. The van der Waals surface area contributed by atoms with Gasteiger partial charge in [0.1, 0.15) is 0 Å². The van der Waals surface area contributed by atoms with Gasteiger partial charge in [0.15, 0.2) is 0 Å². The van der Waals surface area contributed by atoms with E-state index >= 15 is 0 Å². The molecular formula is C13H16N2O2. The molecule has 4 heteroatoms. The summed E-state index contributed by atoms with van der Waals surface area (Å²) in [5.74, 6) is 0.0924. The summed E-state index contributed by atoms with van der Waals surface area (Å²) >= 11 is 0. The van der Waals surface area contributed by atoms with Crippen molar-refractivity contribution in [1.82, 2.24) is 0 Å². The zero-order chi connectivity index (χ0) is 12.4. The first-order valence-corrected chi connectivity index (χ1v) is 5.76. The molecule has 0 atom stereocenters. The van der Waals surface area contributed by atoms with Crippen molar-refractivity contribution in [2.75, 3.05) is 16.8 Å². The molecule has 1 aliphatic heterocycles. The predicted molar refractivity (Wildman–Crippen MR) is 67.1 cm³/mol. The summed E-state index contributed by atoms with van der Waals surface area (Å²) in [4.78, 5) is 24.4. The number of benzene rings is 1. The molecule has 1 N–H and O–H groups in total. The van der Waals surface area contributed by atoms with Crippen molar-refractivity contribution in [3.8, 4) is 0 Å². The lowest BCUT2D eigenvalue weighted by Gasteiger charge is -2.19. The second-order valence-electron chi connectivity index (χ2n) is 4.33. The number of carbonyl (C=O) groups is 2. The van der Waals surface area contributed by atoms with Gasteiger partial charge in [-0.2, -0.15) is 0 Å². The lowest BCUT2D eigenvalue weighted by atomic mass is 10.1. The van der Waals surface area contributed by atoms with Gasteiger partial charge in [-0.15, -0.1) is 0 Å². The van der Waals surface area contributed by atoms with E-state index in [4.69, 9.17) is 0 Å². The molecule has 17 heavy (non-hydrogen) atoms. The molecule has 1 heterocycles. The predicted octanol–water partition coefficient (Wildman–Crippen LogP) is 2.08. The van der Waals surface area contributed by atoms with E-state index in [1.807, 2.05) is 30.0 Å². The molecule has 0 bridgehead atoms. The van der Waals surface area contributed by atoms with Gasteiger partial charge < -0.3 is 10.2 Å². The van der Waals surface area contributed by atoms with E-state index < -0.39 is 0 Å². The van der Waals surface area contributed by atoms with E-state index in [1.54, 1.807) is 0 Å². The third kappa shape index (κ3) is 2.46. The van der Waals surface area contributed by atoms with Crippen LogP contribution in [0, 0.1) is 6.92 Å². The molecule has 0 unspecified atom stereocenters. The first-order chi connectivity index (χ1) is 8.08. The smallest absolute Gasteiger partial charge is 0.227 e. The van der Waals surface area contributed by atoms with Crippen LogP contribution in [0.15, 0.2) is 18.2 Å². The van der Waals surface area contributed by atoms with E-state index in [9.17, 15) is 9.59 Å². The van der Waals surface area contributed by atoms with Crippen molar-refractivity contribution in [3.05, 3.63) is 23.8 Å². The number of nitrogens with zero attached hydrogens (tertiary/aromatic N) is 1. The van der Waals surface area contributed by atoms with Crippen molar-refractivity contribution in [3.63, 3.8) is 0 Å². The molecule has 1 fully saturated rings. The quantitative estimate of drug-likeness (QED) is 0.848. The lowest BCUT2D eigenvalue weighted by molar-refractivity contribution is -0.117. The number of nitrogens with one attached hydrogen (secondary N) is 1. The molecule has 2 amide bonds. The Kier molecular flexibility index (Phi) is 3.13. The minimum Gasteiger partial charge on any atom is -0.326 e. The van der Waals surface area contributed by atoms with Gasteiger partial charge in [0.25, 0.3) is 0 Å². The third-order valence-electron chi connectivity index (χ3n) is 2.88. The van der Waals surface area contributed by atoms with Gasteiger partial charge >= 0.3 is 0 Å². The zero-order valence-corrected chi connectivity index (χ0v) is 10.1. The normalized spacial score (nSPS) is 15.2. The topological polar surface area (TPSA) is 49.4 Å². The molecule has 0 aliphatic carbocycles. The minimum atomic E-state index is -0.0885. The van der Waals surface area contributed by atoms with Gasteiger partial charge in [-0.05, 0) is 37.1 Å². The fourth-order valence-electron chi connectivity index (χ4n) is 2.14. The SMILES string of the molecule is CC(=O)Nc1ccc(N2CCCC2=O)c(C)c1. The van der Waals surface area contributed by atoms with Gasteiger partial charge in [0.05, 0.1) is 0 Å². The number of rotatable bonds is 2. The number of hydrogen-bond donors (Lipinski definition) is 1. The molecule has 1 aliphatic rings. The Morgan fingerprint density at radius 1 is 1.41 bits per heavy atom. The van der Waals surface area contributed by atoms with Crippen LogP contribution in [0.1, 0.15) is 25.3 Å². The highest BCUT2D eigenvalue weighted by Crippen LogP contribution is 2.27. The molecule has 2 rings (SSSR count). The van der Waals surface area contributed by atoms with Crippen LogP contribution in [0.5, 0.6) is 0 Å². The molecule has 90 valence electrons. The van der Waals surface area contributed by atoms with Crippen LogP contribution >= 0.6 is 0 Å². The van der Waals surface area contributed by atoms with Crippen LogP contribution in [0.25, 0.3) is 0 Å². The molecule has 0 radical (unpaired) electrons. The molecule has 0 spiro atoms. The van der Waals surface area contributed by atoms with Crippen molar-refractivity contribution >= 4 is 23.2 Å². The second kappa shape index (κ2) is 4.57. The molecular weight excluding hydrogens is 216 g/mol. The summed E-state index contributed by atoms with van der Waals surface area (Å²) in [6, 6.07) is 5.61. The van der Waals surface area contributed by atoms with Crippen molar-refractivity contribution < 1.29 is 9.59 Å². The maximum atomic E-state index is 11.6. The van der Waals surface area contributed by atoms with Crippen LogP contribution in [0.4, 0.5) is 11.4 Å². The van der Waals surface area contributed by atoms with Gasteiger partial charge in [0.2, 0.25) is 11.8 Å². The Morgan fingerprint density at radius 3 is 2.71 bits per heavy atom. The Labute approximate surface area is 101 Å². The molecule has 1 saturated heterocycles. The van der Waals surface area contributed by atoms with Crippen LogP contribution in [-0.2, 0) is 9.59 Å². The number of carbonyl (C=O) groups excluding carboxylic acids is 2.